The second-order valence-electron chi connectivity index (χ2n) is 10.4. The van der Waals surface area contributed by atoms with E-state index < -0.39 is 35.0 Å². The van der Waals surface area contributed by atoms with Gasteiger partial charge in [-0.05, 0) is 57.0 Å². The van der Waals surface area contributed by atoms with Crippen molar-refractivity contribution in [3.05, 3.63) is 59.5 Å². The van der Waals surface area contributed by atoms with Gasteiger partial charge in [0.15, 0.2) is 17.5 Å². The Kier molecular flexibility index (Phi) is 9.02. The minimum absolute atomic E-state index is 0.0344. The first-order chi connectivity index (χ1) is 19.0. The van der Waals surface area contributed by atoms with Crippen molar-refractivity contribution in [1.82, 2.24) is 9.88 Å². The number of piperidine rings is 1. The van der Waals surface area contributed by atoms with Gasteiger partial charge in [-0.25, -0.2) is 17.6 Å². The van der Waals surface area contributed by atoms with Gasteiger partial charge in [0.05, 0.1) is 29.9 Å². The summed E-state index contributed by atoms with van der Waals surface area (Å²) in [5, 5.41) is 13.6. The Balaban J connectivity index is 1.40. The van der Waals surface area contributed by atoms with Gasteiger partial charge < -0.3 is 25.0 Å². The lowest BCUT2D eigenvalue weighted by atomic mass is 9.74. The smallest absolute Gasteiger partial charge is 0.309 e. The summed E-state index contributed by atoms with van der Waals surface area (Å²) in [7, 11) is 5.16. The maximum absolute atomic E-state index is 16.0. The molecule has 2 aromatic carbocycles. The molecule has 0 aliphatic carbocycles. The maximum atomic E-state index is 16.0. The fourth-order valence-electron chi connectivity index (χ4n) is 5.33. The Hall–Kier alpha value is -3.60. The van der Waals surface area contributed by atoms with Crippen molar-refractivity contribution in [2.24, 2.45) is 5.41 Å². The third kappa shape index (κ3) is 6.24. The Bertz CT molecular complexity index is 1340. The van der Waals surface area contributed by atoms with E-state index in [1.807, 2.05) is 19.0 Å². The number of aliphatic carboxylic acids is 1. The second kappa shape index (κ2) is 12.3. The second-order valence-corrected chi connectivity index (χ2v) is 10.4. The molecule has 0 amide bonds. The van der Waals surface area contributed by atoms with E-state index in [-0.39, 0.29) is 18.5 Å². The monoisotopic (exact) mass is 562 g/mol. The van der Waals surface area contributed by atoms with Gasteiger partial charge in [-0.2, -0.15) is 0 Å². The molecule has 0 spiro atoms. The number of halogens is 4. The summed E-state index contributed by atoms with van der Waals surface area (Å²) in [6, 6.07) is 7.07. The van der Waals surface area contributed by atoms with Gasteiger partial charge in [-0.15, -0.1) is 0 Å². The maximum Gasteiger partial charge on any atom is 0.309 e. The lowest BCUT2D eigenvalue weighted by Crippen LogP contribution is -2.45. The summed E-state index contributed by atoms with van der Waals surface area (Å²) >= 11 is 0. The first-order valence-corrected chi connectivity index (χ1v) is 13.2. The summed E-state index contributed by atoms with van der Waals surface area (Å²) in [5.41, 5.74) is 0.786. The quantitative estimate of drug-likeness (QED) is 0.226. The van der Waals surface area contributed by atoms with E-state index in [1.54, 1.807) is 36.4 Å². The molecule has 2 heterocycles. The number of alkyl halides is 1. The van der Waals surface area contributed by atoms with Gasteiger partial charge >= 0.3 is 5.97 Å². The molecule has 11 heteroatoms. The molecule has 1 aliphatic heterocycles. The van der Waals surface area contributed by atoms with Crippen molar-refractivity contribution in [1.29, 1.82) is 0 Å². The van der Waals surface area contributed by atoms with E-state index in [1.165, 1.54) is 0 Å². The van der Waals surface area contributed by atoms with Crippen LogP contribution in [0.2, 0.25) is 0 Å². The highest BCUT2D eigenvalue weighted by Crippen LogP contribution is 2.43. The lowest BCUT2D eigenvalue weighted by molar-refractivity contribution is -0.153. The number of carboxylic acids is 1. The molecule has 216 valence electrons. The van der Waals surface area contributed by atoms with Crippen molar-refractivity contribution in [3.63, 3.8) is 0 Å². The molecular weight excluding hydrogens is 528 g/mol. The van der Waals surface area contributed by atoms with Crippen molar-refractivity contribution in [3.8, 4) is 5.75 Å². The van der Waals surface area contributed by atoms with Crippen molar-refractivity contribution in [2.45, 2.75) is 31.9 Å². The third-order valence-electron chi connectivity index (χ3n) is 7.77. The predicted octanol–water partition coefficient (Wildman–Crippen LogP) is 5.80. The third-order valence-corrected chi connectivity index (χ3v) is 7.77. The van der Waals surface area contributed by atoms with E-state index >= 15 is 4.39 Å². The zero-order chi connectivity index (χ0) is 29.0. The molecule has 1 atom stereocenters. The number of likely N-dealkylation sites (tertiary alicyclic amines) is 1. The van der Waals surface area contributed by atoms with Crippen LogP contribution in [0.4, 0.5) is 28.9 Å². The number of hydrogen-bond acceptors (Lipinski definition) is 6. The predicted molar refractivity (Wildman–Crippen MR) is 146 cm³/mol. The number of rotatable bonds is 11. The van der Waals surface area contributed by atoms with Gasteiger partial charge in [0.25, 0.3) is 0 Å². The Morgan fingerprint density at radius 3 is 2.45 bits per heavy atom. The standard InChI is InChI=1S/C29H34F4N4O3/c1-36(2)25-17-35-24-5-4-19(40-3)16-20(24)26(25)21(30)6-7-29(28(38)39)8-11-37(12-9-29)13-10-34-18-14-22(31)27(33)23(32)15-18/h4-5,14-17,21,34H,6-13H2,1-3H3,(H,38,39)/t21-/m1/s1. The van der Waals surface area contributed by atoms with Crippen LogP contribution in [-0.2, 0) is 4.79 Å². The molecule has 1 saturated heterocycles. The Labute approximate surface area is 230 Å². The number of nitrogens with one attached hydrogen (secondary N) is 1. The minimum atomic E-state index is -1.52. The molecule has 1 aromatic heterocycles. The zero-order valence-corrected chi connectivity index (χ0v) is 22.8. The number of aromatic nitrogens is 1. The van der Waals surface area contributed by atoms with Gasteiger partial charge in [0.1, 0.15) is 11.9 Å². The van der Waals surface area contributed by atoms with Gasteiger partial charge in [0.2, 0.25) is 0 Å². The first kappa shape index (κ1) is 29.4. The molecule has 1 fully saturated rings. The van der Waals surface area contributed by atoms with E-state index in [9.17, 15) is 23.1 Å². The average Bonchev–Trinajstić information content (AvgIpc) is 2.94. The van der Waals surface area contributed by atoms with Crippen LogP contribution in [0.1, 0.15) is 37.4 Å². The topological polar surface area (TPSA) is 77.9 Å². The van der Waals surface area contributed by atoms with Crippen molar-refractivity contribution >= 4 is 28.2 Å². The van der Waals surface area contributed by atoms with Crippen LogP contribution in [0.15, 0.2) is 36.5 Å². The summed E-state index contributed by atoms with van der Waals surface area (Å²) in [5.74, 6) is -4.41. The van der Waals surface area contributed by atoms with Gasteiger partial charge in [-0.3, -0.25) is 9.78 Å². The molecule has 0 unspecified atom stereocenters. The fraction of sp³-hybridized carbons (Fsp3) is 0.448. The van der Waals surface area contributed by atoms with E-state index in [0.717, 1.165) is 12.1 Å². The molecule has 2 N–H and O–H groups in total. The average molecular weight is 563 g/mol. The SMILES string of the molecule is COc1ccc2ncc(N(C)C)c([C@H](F)CCC3(C(=O)O)CCN(CCNc4cc(F)c(F)c(F)c4)CC3)c2c1. The summed E-state index contributed by atoms with van der Waals surface area (Å²) < 4.78 is 61.4. The number of carbonyl (C=O) groups is 1. The summed E-state index contributed by atoms with van der Waals surface area (Å²) in [6.07, 6.45) is 1.12. The number of benzene rings is 2. The number of hydrogen-bond donors (Lipinski definition) is 2. The number of anilines is 2. The summed E-state index contributed by atoms with van der Waals surface area (Å²) in [4.78, 5) is 20.7. The van der Waals surface area contributed by atoms with Crippen LogP contribution in [0.25, 0.3) is 10.9 Å². The molecule has 4 rings (SSSR count). The number of methoxy groups -OCH3 is 1. The van der Waals surface area contributed by atoms with Gasteiger partial charge in [0, 0.05) is 56.0 Å². The number of nitrogens with zero attached hydrogens (tertiary/aromatic N) is 3. The molecule has 3 aromatic rings. The highest BCUT2D eigenvalue weighted by molar-refractivity contribution is 5.88. The Morgan fingerprint density at radius 2 is 1.85 bits per heavy atom. The van der Waals surface area contributed by atoms with Crippen LogP contribution < -0.4 is 15.0 Å². The molecule has 40 heavy (non-hydrogen) atoms. The summed E-state index contributed by atoms with van der Waals surface area (Å²) in [6.45, 7) is 1.80. The number of carboxylic acid groups (broad SMARTS) is 1. The lowest BCUT2D eigenvalue weighted by Gasteiger charge is -2.39. The molecule has 0 bridgehead atoms. The number of fused-ring (bicyclic) bond motifs is 1. The van der Waals surface area contributed by atoms with E-state index in [4.69, 9.17) is 4.74 Å². The number of ether oxygens (including phenoxy) is 1. The Morgan fingerprint density at radius 1 is 1.18 bits per heavy atom. The zero-order valence-electron chi connectivity index (χ0n) is 22.8. The van der Waals surface area contributed by atoms with Gasteiger partial charge in [-0.1, -0.05) is 0 Å². The normalized spacial score (nSPS) is 16.1. The van der Waals surface area contributed by atoms with Crippen molar-refractivity contribution in [2.75, 3.05) is 57.6 Å². The van der Waals surface area contributed by atoms with E-state index in [0.29, 0.717) is 66.9 Å². The highest BCUT2D eigenvalue weighted by atomic mass is 19.2. The molecular formula is C29H34F4N4O3. The molecule has 0 radical (unpaired) electrons. The number of pyridine rings is 1. The molecule has 7 nitrogen and oxygen atoms in total. The van der Waals surface area contributed by atoms with Crippen LogP contribution >= 0.6 is 0 Å². The highest BCUT2D eigenvalue weighted by Gasteiger charge is 2.42. The van der Waals surface area contributed by atoms with Crippen LogP contribution in [0.3, 0.4) is 0 Å². The largest absolute Gasteiger partial charge is 0.497 e. The van der Waals surface area contributed by atoms with Crippen LogP contribution in [0.5, 0.6) is 5.75 Å². The molecule has 1 aliphatic rings. The van der Waals surface area contributed by atoms with Crippen LogP contribution in [0, 0.1) is 22.9 Å². The van der Waals surface area contributed by atoms with Crippen molar-refractivity contribution < 1.29 is 32.2 Å². The minimum Gasteiger partial charge on any atom is -0.497 e. The first-order valence-electron chi connectivity index (χ1n) is 13.2. The molecule has 0 saturated carbocycles. The van der Waals surface area contributed by atoms with Crippen LogP contribution in [-0.4, -0.2) is 68.3 Å². The van der Waals surface area contributed by atoms with E-state index in [2.05, 4.69) is 10.3 Å². The fourth-order valence-corrected chi connectivity index (χ4v) is 5.33.